The Morgan fingerprint density at radius 3 is 2.46 bits per heavy atom. The van der Waals surface area contributed by atoms with Crippen molar-refractivity contribution in [3.63, 3.8) is 0 Å². The van der Waals surface area contributed by atoms with Gasteiger partial charge in [-0.1, -0.05) is 19.9 Å². The Bertz CT molecular complexity index is 1160. The van der Waals surface area contributed by atoms with Crippen LogP contribution in [0.25, 0.3) is 0 Å². The minimum absolute atomic E-state index is 0.00651. The van der Waals surface area contributed by atoms with Gasteiger partial charge in [0.25, 0.3) is 0 Å². The number of ketones is 3. The number of allylic oxidation sites excluding steroid dienone is 4. The van der Waals surface area contributed by atoms with Gasteiger partial charge in [0.15, 0.2) is 28.6 Å². The van der Waals surface area contributed by atoms with Crippen LogP contribution >= 0.6 is 11.6 Å². The van der Waals surface area contributed by atoms with Crippen LogP contribution in [-0.4, -0.2) is 64.3 Å². The summed E-state index contributed by atoms with van der Waals surface area (Å²) >= 11 is 6.05. The van der Waals surface area contributed by atoms with E-state index in [1.165, 1.54) is 19.1 Å². The molecule has 0 spiro atoms. The zero-order valence-corrected chi connectivity index (χ0v) is 23.5. The summed E-state index contributed by atoms with van der Waals surface area (Å²) in [5.41, 5.74) is -6.76. The van der Waals surface area contributed by atoms with Crippen molar-refractivity contribution < 1.29 is 42.9 Å². The van der Waals surface area contributed by atoms with Crippen molar-refractivity contribution in [3.05, 3.63) is 23.8 Å². The van der Waals surface area contributed by atoms with E-state index in [2.05, 4.69) is 0 Å². The smallest absolute Gasteiger partial charge is 0.306 e. The molecular formula is C29H36ClFO8. The van der Waals surface area contributed by atoms with Crippen molar-refractivity contribution in [3.8, 4) is 0 Å². The summed E-state index contributed by atoms with van der Waals surface area (Å²) in [7, 11) is 0. The van der Waals surface area contributed by atoms with Crippen molar-refractivity contribution in [1.82, 2.24) is 0 Å². The molecule has 0 aromatic carbocycles. The number of alkyl halides is 2. The molecule has 3 fully saturated rings. The van der Waals surface area contributed by atoms with E-state index in [4.69, 9.17) is 21.1 Å². The molecule has 0 radical (unpaired) electrons. The van der Waals surface area contributed by atoms with E-state index in [0.717, 1.165) is 6.08 Å². The lowest BCUT2D eigenvalue weighted by Crippen LogP contribution is -2.71. The van der Waals surface area contributed by atoms with E-state index in [0.29, 0.717) is 0 Å². The van der Waals surface area contributed by atoms with Crippen molar-refractivity contribution >= 4 is 40.9 Å². The SMILES string of the molecule is CCOC(=O)CCCC(=O)O[C@]1(C(=O)CCl)[C@@H](C)C[C@H]2[C@@H]3CC(=O)C4=CC(=O)C=C[C@]4(C)[C@@]3(F)[C@@H](O)C[C@@]21C. The Hall–Kier alpha value is -2.39. The topological polar surface area (TPSA) is 124 Å². The number of rotatable bonds is 8. The monoisotopic (exact) mass is 566 g/mol. The Kier molecular flexibility index (Phi) is 7.75. The standard InChI is InChI=1S/C29H36ClFO8/c1-5-38-24(36)7-6-8-25(37)39-29(23(35)15-30)16(2)11-18-19-13-21(33)20-12-17(32)9-10-26(20,3)28(19,31)22(34)14-27(18,29)4/h9-10,12,16,18-19,22,34H,5-8,11,13-15H2,1-4H3/t16-,18-,19-,22-,26-,27-,28-,29-/m0/s1. The minimum atomic E-state index is -2.29. The molecule has 0 bridgehead atoms. The van der Waals surface area contributed by atoms with Crippen LogP contribution in [0.4, 0.5) is 4.39 Å². The first kappa shape index (κ1) is 29.6. The number of aliphatic hydroxyl groups is 1. The molecule has 0 saturated heterocycles. The summed E-state index contributed by atoms with van der Waals surface area (Å²) in [6.45, 7) is 6.87. The molecule has 0 aliphatic heterocycles. The number of carbonyl (C=O) groups is 5. The number of halogens is 2. The number of fused-ring (bicyclic) bond motifs is 5. The number of hydrogen-bond donors (Lipinski definition) is 1. The third-order valence-corrected chi connectivity index (χ3v) is 10.1. The molecule has 4 rings (SSSR count). The highest BCUT2D eigenvalue weighted by molar-refractivity contribution is 6.29. The predicted octanol–water partition coefficient (Wildman–Crippen LogP) is 3.61. The maximum Gasteiger partial charge on any atom is 0.306 e. The lowest BCUT2D eigenvalue weighted by molar-refractivity contribution is -0.226. The van der Waals surface area contributed by atoms with Gasteiger partial charge in [-0.3, -0.25) is 24.0 Å². The van der Waals surface area contributed by atoms with Gasteiger partial charge in [0, 0.05) is 42.1 Å². The largest absolute Gasteiger partial charge is 0.466 e. The van der Waals surface area contributed by atoms with Crippen molar-refractivity contribution in [1.29, 1.82) is 0 Å². The second-order valence-corrected chi connectivity index (χ2v) is 12.1. The molecule has 8 atom stereocenters. The second kappa shape index (κ2) is 10.2. The number of carbonyl (C=O) groups excluding carboxylic acids is 5. The number of esters is 2. The Balaban J connectivity index is 1.71. The molecule has 0 amide bonds. The summed E-state index contributed by atoms with van der Waals surface area (Å²) in [6.07, 6.45) is 1.94. The lowest BCUT2D eigenvalue weighted by Gasteiger charge is -2.62. The molecule has 0 aromatic heterocycles. The number of Topliss-reactive ketones (excluding diaryl/α,β-unsaturated/α-hetero) is 2. The molecule has 4 aliphatic carbocycles. The number of ether oxygens (including phenoxy) is 2. The molecular weight excluding hydrogens is 531 g/mol. The van der Waals surface area contributed by atoms with E-state index in [1.807, 2.05) is 0 Å². The summed E-state index contributed by atoms with van der Waals surface area (Å²) in [5.74, 6) is -5.12. The van der Waals surface area contributed by atoms with Gasteiger partial charge < -0.3 is 14.6 Å². The highest BCUT2D eigenvalue weighted by Gasteiger charge is 2.77. The molecule has 1 N–H and O–H groups in total. The van der Waals surface area contributed by atoms with Crippen LogP contribution in [0.2, 0.25) is 0 Å². The zero-order chi connectivity index (χ0) is 29.0. The van der Waals surface area contributed by atoms with Gasteiger partial charge in [-0.05, 0) is 51.2 Å². The summed E-state index contributed by atoms with van der Waals surface area (Å²) in [6, 6.07) is 0. The van der Waals surface area contributed by atoms with E-state index in [-0.39, 0.29) is 56.5 Å². The van der Waals surface area contributed by atoms with Gasteiger partial charge in [0.1, 0.15) is 0 Å². The average Bonchev–Trinajstić information content (AvgIpc) is 3.08. The number of hydrogen-bond acceptors (Lipinski definition) is 8. The first-order valence-electron chi connectivity index (χ1n) is 13.5. The maximum absolute atomic E-state index is 17.4. The van der Waals surface area contributed by atoms with Crippen LogP contribution < -0.4 is 0 Å². The highest BCUT2D eigenvalue weighted by atomic mass is 35.5. The third kappa shape index (κ3) is 4.14. The number of aliphatic hydroxyl groups excluding tert-OH is 1. The molecule has 0 unspecified atom stereocenters. The Morgan fingerprint density at radius 2 is 1.82 bits per heavy atom. The van der Waals surface area contributed by atoms with Crippen LogP contribution in [0.15, 0.2) is 23.8 Å². The van der Waals surface area contributed by atoms with Gasteiger partial charge >= 0.3 is 11.9 Å². The minimum Gasteiger partial charge on any atom is -0.466 e. The molecule has 214 valence electrons. The zero-order valence-electron chi connectivity index (χ0n) is 22.8. The van der Waals surface area contributed by atoms with Crippen molar-refractivity contribution in [2.45, 2.75) is 83.6 Å². The van der Waals surface area contributed by atoms with Gasteiger partial charge in [-0.15, -0.1) is 11.6 Å². The van der Waals surface area contributed by atoms with E-state index >= 15 is 4.39 Å². The Morgan fingerprint density at radius 1 is 1.15 bits per heavy atom. The first-order chi connectivity index (χ1) is 18.2. The highest BCUT2D eigenvalue weighted by Crippen LogP contribution is 2.71. The maximum atomic E-state index is 17.4. The Labute approximate surface area is 232 Å². The lowest BCUT2D eigenvalue weighted by atomic mass is 9.44. The molecule has 0 heterocycles. The molecule has 10 heteroatoms. The molecule has 3 saturated carbocycles. The molecule has 8 nitrogen and oxygen atoms in total. The first-order valence-corrected chi connectivity index (χ1v) is 14.1. The summed E-state index contributed by atoms with van der Waals surface area (Å²) < 4.78 is 28.3. The van der Waals surface area contributed by atoms with Gasteiger partial charge in [-0.25, -0.2) is 4.39 Å². The van der Waals surface area contributed by atoms with Crippen LogP contribution in [-0.2, 0) is 33.4 Å². The normalized spacial score (nSPS) is 40.7. The fourth-order valence-corrected chi connectivity index (χ4v) is 8.37. The average molecular weight is 567 g/mol. The van der Waals surface area contributed by atoms with Crippen LogP contribution in [0.1, 0.15) is 66.2 Å². The van der Waals surface area contributed by atoms with Crippen LogP contribution in [0.3, 0.4) is 0 Å². The molecule has 39 heavy (non-hydrogen) atoms. The fourth-order valence-electron chi connectivity index (χ4n) is 8.17. The molecule has 4 aliphatic rings. The van der Waals surface area contributed by atoms with Gasteiger partial charge in [0.2, 0.25) is 0 Å². The predicted molar refractivity (Wildman–Crippen MR) is 138 cm³/mol. The van der Waals surface area contributed by atoms with E-state index in [9.17, 15) is 29.1 Å². The van der Waals surface area contributed by atoms with Gasteiger partial charge in [-0.2, -0.15) is 0 Å². The van der Waals surface area contributed by atoms with Gasteiger partial charge in [0.05, 0.1) is 24.0 Å². The fraction of sp³-hybridized carbons (Fsp3) is 0.690. The summed E-state index contributed by atoms with van der Waals surface area (Å²) in [4.78, 5) is 63.7. The molecule has 0 aromatic rings. The summed E-state index contributed by atoms with van der Waals surface area (Å²) in [5, 5.41) is 11.5. The quantitative estimate of drug-likeness (QED) is 0.349. The van der Waals surface area contributed by atoms with Crippen molar-refractivity contribution in [2.24, 2.45) is 28.6 Å². The third-order valence-electron chi connectivity index (χ3n) is 9.90. The van der Waals surface area contributed by atoms with Crippen molar-refractivity contribution in [2.75, 3.05) is 12.5 Å². The second-order valence-electron chi connectivity index (χ2n) is 11.8. The van der Waals surface area contributed by atoms with Crippen LogP contribution in [0.5, 0.6) is 0 Å². The van der Waals surface area contributed by atoms with Crippen LogP contribution in [0, 0.1) is 28.6 Å². The van der Waals surface area contributed by atoms with E-state index in [1.54, 1.807) is 20.8 Å². The van der Waals surface area contributed by atoms with E-state index < -0.39 is 75.3 Å².